The van der Waals surface area contributed by atoms with Crippen LogP contribution in [-0.2, 0) is 11.3 Å². The summed E-state index contributed by atoms with van der Waals surface area (Å²) in [7, 11) is 0. The first kappa shape index (κ1) is 16.0. The van der Waals surface area contributed by atoms with Crippen molar-refractivity contribution in [2.75, 3.05) is 32.8 Å². The maximum atomic E-state index is 5.56. The zero-order valence-electron chi connectivity index (χ0n) is 13.8. The van der Waals surface area contributed by atoms with Crippen LogP contribution in [0, 0.1) is 0 Å². The minimum absolute atomic E-state index is 0.488. The zero-order chi connectivity index (χ0) is 15.0. The highest BCUT2D eigenvalue weighted by Gasteiger charge is 2.25. The molecule has 3 fully saturated rings. The van der Waals surface area contributed by atoms with Crippen molar-refractivity contribution in [1.82, 2.24) is 9.80 Å². The fraction of sp³-hybridized carbons (Fsp3) is 0.684. The van der Waals surface area contributed by atoms with E-state index in [9.17, 15) is 0 Å². The molecule has 3 aliphatic heterocycles. The van der Waals surface area contributed by atoms with Crippen LogP contribution in [0.4, 0.5) is 0 Å². The molecule has 0 saturated carbocycles. The number of hydrogen-bond acceptors (Lipinski definition) is 3. The Morgan fingerprint density at radius 2 is 1.55 bits per heavy atom. The second kappa shape index (κ2) is 8.66. The molecule has 4 rings (SSSR count). The van der Waals surface area contributed by atoms with Crippen molar-refractivity contribution < 1.29 is 4.74 Å². The molecule has 0 aliphatic carbocycles. The molecule has 22 heavy (non-hydrogen) atoms. The van der Waals surface area contributed by atoms with Crippen molar-refractivity contribution >= 4 is 0 Å². The summed E-state index contributed by atoms with van der Waals surface area (Å²) in [5, 5.41) is 0. The van der Waals surface area contributed by atoms with Crippen LogP contribution in [-0.4, -0.2) is 48.8 Å². The minimum Gasteiger partial charge on any atom is -0.363 e. The van der Waals surface area contributed by atoms with Crippen LogP contribution in [0.1, 0.15) is 44.1 Å². The summed E-state index contributed by atoms with van der Waals surface area (Å²) in [4.78, 5) is 5.00. The van der Waals surface area contributed by atoms with Crippen molar-refractivity contribution in [2.45, 2.75) is 51.3 Å². The van der Waals surface area contributed by atoms with Gasteiger partial charge < -0.3 is 4.74 Å². The minimum atomic E-state index is 0.488. The monoisotopic (exact) mass is 302 g/mol. The van der Waals surface area contributed by atoms with E-state index in [1.807, 2.05) is 0 Å². The van der Waals surface area contributed by atoms with Crippen LogP contribution in [0.3, 0.4) is 0 Å². The molecule has 3 nitrogen and oxygen atoms in total. The van der Waals surface area contributed by atoms with Gasteiger partial charge in [0.05, 0.1) is 0 Å². The third-order valence-electron chi connectivity index (χ3n) is 4.90. The smallest absolute Gasteiger partial charge is 0.110 e. The first-order valence-electron chi connectivity index (χ1n) is 9.04. The summed E-state index contributed by atoms with van der Waals surface area (Å²) in [6.45, 7) is 7.24. The normalized spacial score (nSPS) is 26.1. The van der Waals surface area contributed by atoms with E-state index in [4.69, 9.17) is 4.74 Å². The van der Waals surface area contributed by atoms with Gasteiger partial charge in [-0.3, -0.25) is 9.80 Å². The number of likely N-dealkylation sites (tertiary alicyclic amines) is 2. The Hall–Kier alpha value is -0.900. The molecule has 1 aromatic carbocycles. The van der Waals surface area contributed by atoms with E-state index >= 15 is 0 Å². The number of nitrogens with zero attached hydrogens (tertiary/aromatic N) is 2. The average Bonchev–Trinajstić information content (AvgIpc) is 3.31. The second-order valence-corrected chi connectivity index (χ2v) is 6.68. The summed E-state index contributed by atoms with van der Waals surface area (Å²) in [5.41, 5.74) is 1.44. The van der Waals surface area contributed by atoms with E-state index < -0.39 is 0 Å². The van der Waals surface area contributed by atoms with Gasteiger partial charge in [-0.05, 0) is 57.2 Å². The molecule has 0 aromatic heterocycles. The number of rotatable bonds is 3. The molecule has 3 saturated heterocycles. The topological polar surface area (TPSA) is 15.7 Å². The highest BCUT2D eigenvalue weighted by atomic mass is 16.5. The lowest BCUT2D eigenvalue weighted by atomic mass is 10.2. The van der Waals surface area contributed by atoms with Crippen LogP contribution in [0.25, 0.3) is 0 Å². The lowest BCUT2D eigenvalue weighted by molar-refractivity contribution is -0.00613. The Kier molecular flexibility index (Phi) is 6.29. The summed E-state index contributed by atoms with van der Waals surface area (Å²) >= 11 is 0. The van der Waals surface area contributed by atoms with Gasteiger partial charge in [0, 0.05) is 26.2 Å². The lowest BCUT2D eigenvalue weighted by Crippen LogP contribution is -2.31. The molecule has 3 aliphatic rings. The van der Waals surface area contributed by atoms with Gasteiger partial charge in [0.2, 0.25) is 0 Å². The third kappa shape index (κ3) is 4.80. The predicted molar refractivity (Wildman–Crippen MR) is 90.7 cm³/mol. The van der Waals surface area contributed by atoms with Crippen LogP contribution in [0.5, 0.6) is 0 Å². The highest BCUT2D eigenvalue weighted by molar-refractivity contribution is 5.14. The second-order valence-electron chi connectivity index (χ2n) is 6.68. The zero-order valence-corrected chi connectivity index (χ0v) is 13.8. The van der Waals surface area contributed by atoms with Crippen LogP contribution in [0.15, 0.2) is 30.3 Å². The van der Waals surface area contributed by atoms with Crippen LogP contribution in [0.2, 0.25) is 0 Å². The molecule has 3 heterocycles. The van der Waals surface area contributed by atoms with E-state index in [1.165, 1.54) is 70.3 Å². The quantitative estimate of drug-likeness (QED) is 0.850. The number of ether oxygens (including phenoxy) is 1. The van der Waals surface area contributed by atoms with Gasteiger partial charge in [0.25, 0.3) is 0 Å². The first-order chi connectivity index (χ1) is 10.9. The fourth-order valence-corrected chi connectivity index (χ4v) is 3.66. The Balaban J connectivity index is 0.000000133. The Labute approximate surface area is 135 Å². The molecular weight excluding hydrogens is 272 g/mol. The molecule has 0 amide bonds. The van der Waals surface area contributed by atoms with Gasteiger partial charge in [0.15, 0.2) is 0 Å². The third-order valence-corrected chi connectivity index (χ3v) is 4.90. The van der Waals surface area contributed by atoms with E-state index in [1.54, 1.807) is 0 Å². The molecular formula is C19H30N2O. The summed E-state index contributed by atoms with van der Waals surface area (Å²) in [6.07, 6.45) is 8.53. The van der Waals surface area contributed by atoms with Gasteiger partial charge in [-0.25, -0.2) is 0 Å². The van der Waals surface area contributed by atoms with Crippen molar-refractivity contribution in [2.24, 2.45) is 0 Å². The van der Waals surface area contributed by atoms with Gasteiger partial charge in [-0.15, -0.1) is 0 Å². The Morgan fingerprint density at radius 3 is 2.18 bits per heavy atom. The van der Waals surface area contributed by atoms with Gasteiger partial charge in [-0.2, -0.15) is 0 Å². The highest BCUT2D eigenvalue weighted by Crippen LogP contribution is 2.20. The van der Waals surface area contributed by atoms with Gasteiger partial charge in [-0.1, -0.05) is 30.3 Å². The van der Waals surface area contributed by atoms with E-state index in [-0.39, 0.29) is 0 Å². The van der Waals surface area contributed by atoms with Crippen molar-refractivity contribution in [3.05, 3.63) is 35.9 Å². The van der Waals surface area contributed by atoms with Gasteiger partial charge in [0.1, 0.15) is 6.23 Å². The van der Waals surface area contributed by atoms with E-state index in [0.29, 0.717) is 6.23 Å². The van der Waals surface area contributed by atoms with Crippen molar-refractivity contribution in [3.63, 3.8) is 0 Å². The Bertz CT molecular complexity index is 391. The molecule has 122 valence electrons. The largest absolute Gasteiger partial charge is 0.363 e. The maximum absolute atomic E-state index is 5.56. The summed E-state index contributed by atoms with van der Waals surface area (Å²) < 4.78 is 5.56. The molecule has 0 bridgehead atoms. The van der Waals surface area contributed by atoms with Crippen LogP contribution >= 0.6 is 0 Å². The predicted octanol–water partition coefficient (Wildman–Crippen LogP) is 3.50. The summed E-state index contributed by atoms with van der Waals surface area (Å²) in [5.74, 6) is 0. The summed E-state index contributed by atoms with van der Waals surface area (Å²) in [6, 6.07) is 10.7. The SMILES string of the molecule is C1COC(N2CCCC2)C1.c1ccc(CN2CCCC2)cc1. The molecule has 1 unspecified atom stereocenters. The molecule has 1 aromatic rings. The average molecular weight is 302 g/mol. The van der Waals surface area contributed by atoms with Gasteiger partial charge >= 0.3 is 0 Å². The van der Waals surface area contributed by atoms with Crippen molar-refractivity contribution in [1.29, 1.82) is 0 Å². The van der Waals surface area contributed by atoms with Crippen molar-refractivity contribution in [3.8, 4) is 0 Å². The molecule has 0 spiro atoms. The maximum Gasteiger partial charge on any atom is 0.110 e. The molecule has 3 heteroatoms. The fourth-order valence-electron chi connectivity index (χ4n) is 3.66. The molecule has 0 radical (unpaired) electrons. The van der Waals surface area contributed by atoms with E-state index in [0.717, 1.165) is 13.2 Å². The Morgan fingerprint density at radius 1 is 0.864 bits per heavy atom. The number of hydrogen-bond donors (Lipinski definition) is 0. The van der Waals surface area contributed by atoms with E-state index in [2.05, 4.69) is 40.1 Å². The number of benzene rings is 1. The standard InChI is InChI=1S/C11H15N.C8H15NO/c1-2-6-11(7-3-1)10-12-8-4-5-9-12;1-2-6-9(5-1)8-4-3-7-10-8/h1-3,6-7H,4-5,8-10H2;8H,1-7H2. The first-order valence-corrected chi connectivity index (χ1v) is 9.04. The molecule has 1 atom stereocenters. The lowest BCUT2D eigenvalue weighted by Gasteiger charge is -2.21. The molecule has 0 N–H and O–H groups in total. The van der Waals surface area contributed by atoms with Crippen LogP contribution < -0.4 is 0 Å².